The maximum atomic E-state index is 11.5. The number of hydrogen-bond donors (Lipinski definition) is 1. The Hall–Kier alpha value is -1.88. The summed E-state index contributed by atoms with van der Waals surface area (Å²) in [6.45, 7) is 2.48. The molecule has 2 rings (SSSR count). The lowest BCUT2D eigenvalue weighted by Gasteiger charge is -2.05. The van der Waals surface area contributed by atoms with Gasteiger partial charge < -0.3 is 10.1 Å². The van der Waals surface area contributed by atoms with Crippen LogP contribution in [0.4, 0.5) is 4.79 Å². The standard InChI is InChI=1S/C13H14N2O2S/c1-10-9-18-12(15-10)7-8-14-13(16)17-11-5-3-2-4-6-11/h2-6,9H,7-8H2,1H3,(H,14,16). The van der Waals surface area contributed by atoms with Crippen LogP contribution in [0.2, 0.25) is 0 Å². The molecule has 0 atom stereocenters. The van der Waals surface area contributed by atoms with Crippen LogP contribution in [0.1, 0.15) is 10.7 Å². The van der Waals surface area contributed by atoms with E-state index >= 15 is 0 Å². The van der Waals surface area contributed by atoms with Gasteiger partial charge in [0.25, 0.3) is 0 Å². The number of thiazole rings is 1. The number of amides is 1. The number of carbonyl (C=O) groups excluding carboxylic acids is 1. The highest BCUT2D eigenvalue weighted by Crippen LogP contribution is 2.09. The molecule has 1 N–H and O–H groups in total. The Balaban J connectivity index is 1.72. The van der Waals surface area contributed by atoms with Crippen LogP contribution in [0.5, 0.6) is 5.75 Å². The maximum absolute atomic E-state index is 11.5. The second-order valence-electron chi connectivity index (χ2n) is 3.76. The first-order valence-corrected chi connectivity index (χ1v) is 6.54. The number of aromatic nitrogens is 1. The molecule has 0 aliphatic rings. The first kappa shape index (κ1) is 12.6. The van der Waals surface area contributed by atoms with Crippen molar-refractivity contribution in [2.75, 3.05) is 6.54 Å². The van der Waals surface area contributed by atoms with E-state index in [0.717, 1.165) is 17.1 Å². The van der Waals surface area contributed by atoms with Gasteiger partial charge >= 0.3 is 6.09 Å². The minimum absolute atomic E-state index is 0.436. The maximum Gasteiger partial charge on any atom is 0.412 e. The molecule has 0 saturated heterocycles. The molecule has 0 fully saturated rings. The molecule has 0 unspecified atom stereocenters. The van der Waals surface area contributed by atoms with Crippen LogP contribution in [-0.4, -0.2) is 17.6 Å². The Bertz CT molecular complexity index is 511. The third-order valence-electron chi connectivity index (χ3n) is 2.23. The summed E-state index contributed by atoms with van der Waals surface area (Å²) in [7, 11) is 0. The fourth-order valence-corrected chi connectivity index (χ4v) is 2.20. The summed E-state index contributed by atoms with van der Waals surface area (Å²) in [5.74, 6) is 0.542. The Morgan fingerprint density at radius 3 is 2.83 bits per heavy atom. The van der Waals surface area contributed by atoms with Crippen LogP contribution in [0.15, 0.2) is 35.7 Å². The van der Waals surface area contributed by atoms with E-state index in [1.54, 1.807) is 23.5 Å². The third-order valence-corrected chi connectivity index (χ3v) is 3.25. The van der Waals surface area contributed by atoms with Gasteiger partial charge in [-0.3, -0.25) is 0 Å². The molecule has 2 aromatic rings. The van der Waals surface area contributed by atoms with Gasteiger partial charge in [0.1, 0.15) is 5.75 Å². The van der Waals surface area contributed by atoms with Crippen LogP contribution in [0, 0.1) is 6.92 Å². The molecule has 0 radical (unpaired) electrons. The number of nitrogens with zero attached hydrogens (tertiary/aromatic N) is 1. The molecule has 0 saturated carbocycles. The summed E-state index contributed by atoms with van der Waals surface area (Å²) in [6, 6.07) is 8.99. The number of benzene rings is 1. The lowest BCUT2D eigenvalue weighted by Crippen LogP contribution is -2.28. The van der Waals surface area contributed by atoms with Crippen molar-refractivity contribution in [2.45, 2.75) is 13.3 Å². The molecule has 0 bridgehead atoms. The van der Waals surface area contributed by atoms with Crippen molar-refractivity contribution in [3.8, 4) is 5.75 Å². The first-order valence-electron chi connectivity index (χ1n) is 5.66. The van der Waals surface area contributed by atoms with Crippen LogP contribution < -0.4 is 10.1 Å². The quantitative estimate of drug-likeness (QED) is 0.921. The zero-order chi connectivity index (χ0) is 12.8. The van der Waals surface area contributed by atoms with Crippen molar-refractivity contribution in [3.63, 3.8) is 0 Å². The van der Waals surface area contributed by atoms with Gasteiger partial charge in [0, 0.05) is 24.0 Å². The van der Waals surface area contributed by atoms with E-state index in [9.17, 15) is 4.79 Å². The number of hydrogen-bond acceptors (Lipinski definition) is 4. The van der Waals surface area contributed by atoms with E-state index in [1.165, 1.54) is 0 Å². The minimum Gasteiger partial charge on any atom is -0.410 e. The SMILES string of the molecule is Cc1csc(CCNC(=O)Oc2ccccc2)n1. The smallest absolute Gasteiger partial charge is 0.410 e. The molecule has 5 heteroatoms. The predicted molar refractivity (Wildman–Crippen MR) is 71.0 cm³/mol. The van der Waals surface area contributed by atoms with Gasteiger partial charge in [-0.2, -0.15) is 0 Å². The lowest BCUT2D eigenvalue weighted by molar-refractivity contribution is 0.200. The summed E-state index contributed by atoms with van der Waals surface area (Å²) in [5, 5.41) is 5.71. The number of rotatable bonds is 4. The van der Waals surface area contributed by atoms with Gasteiger partial charge in [0.05, 0.1) is 5.01 Å². The van der Waals surface area contributed by atoms with Crippen molar-refractivity contribution in [2.24, 2.45) is 0 Å². The second-order valence-corrected chi connectivity index (χ2v) is 4.70. The monoisotopic (exact) mass is 262 g/mol. The Morgan fingerprint density at radius 2 is 2.17 bits per heavy atom. The topological polar surface area (TPSA) is 51.2 Å². The molecule has 1 amide bonds. The number of para-hydroxylation sites is 1. The Morgan fingerprint density at radius 1 is 1.39 bits per heavy atom. The molecular formula is C13H14N2O2S. The van der Waals surface area contributed by atoms with E-state index in [4.69, 9.17) is 4.74 Å². The molecule has 18 heavy (non-hydrogen) atoms. The van der Waals surface area contributed by atoms with Gasteiger partial charge in [-0.05, 0) is 19.1 Å². The molecule has 4 nitrogen and oxygen atoms in total. The summed E-state index contributed by atoms with van der Waals surface area (Å²) in [6.07, 6.45) is 0.289. The van der Waals surface area contributed by atoms with E-state index in [1.807, 2.05) is 30.5 Å². The van der Waals surface area contributed by atoms with E-state index in [-0.39, 0.29) is 0 Å². The number of ether oxygens (including phenoxy) is 1. The molecule has 0 aliphatic heterocycles. The normalized spacial score (nSPS) is 10.1. The molecule has 1 heterocycles. The summed E-state index contributed by atoms with van der Waals surface area (Å²) < 4.78 is 5.09. The van der Waals surface area contributed by atoms with Crippen molar-refractivity contribution < 1.29 is 9.53 Å². The van der Waals surface area contributed by atoms with Crippen LogP contribution >= 0.6 is 11.3 Å². The van der Waals surface area contributed by atoms with Crippen molar-refractivity contribution in [1.82, 2.24) is 10.3 Å². The second kappa shape index (κ2) is 6.16. The van der Waals surface area contributed by atoms with E-state index in [2.05, 4.69) is 10.3 Å². The average Bonchev–Trinajstić information content (AvgIpc) is 2.76. The van der Waals surface area contributed by atoms with Gasteiger partial charge in [-0.25, -0.2) is 9.78 Å². The number of aryl methyl sites for hydroxylation is 1. The molecule has 1 aromatic heterocycles. The van der Waals surface area contributed by atoms with Crippen molar-refractivity contribution >= 4 is 17.4 Å². The zero-order valence-electron chi connectivity index (χ0n) is 10.1. The van der Waals surface area contributed by atoms with E-state index < -0.39 is 6.09 Å². The largest absolute Gasteiger partial charge is 0.412 e. The van der Waals surface area contributed by atoms with Crippen LogP contribution in [-0.2, 0) is 6.42 Å². The Kier molecular flexibility index (Phi) is 4.30. The highest BCUT2D eigenvalue weighted by molar-refractivity contribution is 7.09. The summed E-state index contributed by atoms with van der Waals surface area (Å²) >= 11 is 1.60. The minimum atomic E-state index is -0.436. The predicted octanol–water partition coefficient (Wildman–Crippen LogP) is 2.78. The Labute approximate surface area is 110 Å². The van der Waals surface area contributed by atoms with E-state index in [0.29, 0.717) is 12.3 Å². The highest BCUT2D eigenvalue weighted by Gasteiger charge is 2.04. The lowest BCUT2D eigenvalue weighted by atomic mass is 10.3. The van der Waals surface area contributed by atoms with Crippen LogP contribution in [0.3, 0.4) is 0 Å². The van der Waals surface area contributed by atoms with Crippen molar-refractivity contribution in [1.29, 1.82) is 0 Å². The highest BCUT2D eigenvalue weighted by atomic mass is 32.1. The number of carbonyl (C=O) groups is 1. The fourth-order valence-electron chi connectivity index (χ4n) is 1.42. The van der Waals surface area contributed by atoms with Gasteiger partial charge in [-0.1, -0.05) is 18.2 Å². The summed E-state index contributed by atoms with van der Waals surface area (Å²) in [5.41, 5.74) is 1.02. The summed E-state index contributed by atoms with van der Waals surface area (Å²) in [4.78, 5) is 15.8. The fraction of sp³-hybridized carbons (Fsp3) is 0.231. The first-order chi connectivity index (χ1) is 8.74. The third kappa shape index (κ3) is 3.85. The van der Waals surface area contributed by atoms with Gasteiger partial charge in [0.2, 0.25) is 0 Å². The van der Waals surface area contributed by atoms with Crippen LogP contribution in [0.25, 0.3) is 0 Å². The van der Waals surface area contributed by atoms with Gasteiger partial charge in [0.15, 0.2) is 0 Å². The molecule has 1 aromatic carbocycles. The van der Waals surface area contributed by atoms with Crippen molar-refractivity contribution in [3.05, 3.63) is 46.4 Å². The molecule has 94 valence electrons. The molecule has 0 spiro atoms. The molecule has 0 aliphatic carbocycles. The zero-order valence-corrected chi connectivity index (χ0v) is 10.9. The average molecular weight is 262 g/mol. The number of nitrogens with one attached hydrogen (secondary N) is 1. The molecular weight excluding hydrogens is 248 g/mol. The van der Waals surface area contributed by atoms with Gasteiger partial charge in [-0.15, -0.1) is 11.3 Å².